The van der Waals surface area contributed by atoms with E-state index in [9.17, 15) is 4.79 Å². The van der Waals surface area contributed by atoms with Gasteiger partial charge in [0.05, 0.1) is 12.6 Å². The lowest BCUT2D eigenvalue weighted by Gasteiger charge is -2.43. The summed E-state index contributed by atoms with van der Waals surface area (Å²) in [4.78, 5) is 14.4. The van der Waals surface area contributed by atoms with Gasteiger partial charge in [-0.2, -0.15) is 0 Å². The molecule has 2 aliphatic rings. The second-order valence-corrected chi connectivity index (χ2v) is 7.62. The summed E-state index contributed by atoms with van der Waals surface area (Å²) in [5.41, 5.74) is 4.76. The Labute approximate surface area is 160 Å². The van der Waals surface area contributed by atoms with Crippen molar-refractivity contribution in [2.24, 2.45) is 0 Å². The highest BCUT2D eigenvalue weighted by Gasteiger charge is 2.31. The molecule has 2 N–H and O–H groups in total. The Morgan fingerprint density at radius 1 is 1.31 bits per heavy atom. The molecular formula is C20H25N3O2S. The highest BCUT2D eigenvalue weighted by Crippen LogP contribution is 2.42. The van der Waals surface area contributed by atoms with Gasteiger partial charge >= 0.3 is 0 Å². The van der Waals surface area contributed by atoms with Crippen LogP contribution < -0.4 is 20.3 Å². The Hall–Kier alpha value is -2.34. The minimum Gasteiger partial charge on any atom is -0.496 e. The van der Waals surface area contributed by atoms with Gasteiger partial charge in [-0.25, -0.2) is 0 Å². The van der Waals surface area contributed by atoms with E-state index in [4.69, 9.17) is 17.0 Å². The molecule has 2 heterocycles. The molecule has 138 valence electrons. The number of nitrogens with one attached hydrogen (secondary N) is 2. The molecule has 0 unspecified atom stereocenters. The van der Waals surface area contributed by atoms with Crippen molar-refractivity contribution < 1.29 is 9.53 Å². The molecule has 0 aromatic heterocycles. The van der Waals surface area contributed by atoms with Crippen LogP contribution in [-0.2, 0) is 4.79 Å². The van der Waals surface area contributed by atoms with Crippen molar-refractivity contribution in [3.05, 3.63) is 35.0 Å². The van der Waals surface area contributed by atoms with E-state index < -0.39 is 0 Å². The van der Waals surface area contributed by atoms with Gasteiger partial charge in [-0.15, -0.1) is 0 Å². The van der Waals surface area contributed by atoms with Crippen molar-refractivity contribution in [1.82, 2.24) is 10.6 Å². The summed E-state index contributed by atoms with van der Waals surface area (Å²) in [6.07, 6.45) is 5.14. The number of ether oxygens (including phenoxy) is 1. The molecule has 26 heavy (non-hydrogen) atoms. The first-order valence-electron chi connectivity index (χ1n) is 8.80. The first-order valence-corrected chi connectivity index (χ1v) is 9.21. The van der Waals surface area contributed by atoms with Crippen molar-refractivity contribution in [2.75, 3.05) is 18.6 Å². The monoisotopic (exact) mass is 371 g/mol. The maximum atomic E-state index is 12.0. The van der Waals surface area contributed by atoms with Gasteiger partial charge in [0.2, 0.25) is 0 Å². The summed E-state index contributed by atoms with van der Waals surface area (Å²) >= 11 is 5.01. The van der Waals surface area contributed by atoms with Gasteiger partial charge in [0.1, 0.15) is 11.4 Å². The molecule has 1 fully saturated rings. The van der Waals surface area contributed by atoms with Crippen molar-refractivity contribution in [2.45, 2.75) is 39.7 Å². The number of hydrogen-bond acceptors (Lipinski definition) is 4. The van der Waals surface area contributed by atoms with Crippen LogP contribution in [0.3, 0.4) is 0 Å². The van der Waals surface area contributed by atoms with Crippen molar-refractivity contribution in [1.29, 1.82) is 0 Å². The van der Waals surface area contributed by atoms with Crippen molar-refractivity contribution in [3.63, 3.8) is 0 Å². The first-order chi connectivity index (χ1) is 12.3. The summed E-state index contributed by atoms with van der Waals surface area (Å²) in [7, 11) is 1.65. The zero-order chi connectivity index (χ0) is 19.1. The average Bonchev–Trinajstić information content (AvgIpc) is 2.88. The first kappa shape index (κ1) is 18.5. The normalized spacial score (nSPS) is 19.8. The second kappa shape index (κ2) is 6.76. The summed E-state index contributed by atoms with van der Waals surface area (Å²) in [6.45, 7) is 9.73. The van der Waals surface area contributed by atoms with Crippen molar-refractivity contribution in [3.8, 4) is 5.75 Å². The number of methoxy groups -OCH3 is 1. The average molecular weight is 372 g/mol. The number of carbonyl (C=O) groups excluding carboxylic acids is 1. The van der Waals surface area contributed by atoms with E-state index in [1.807, 2.05) is 0 Å². The van der Waals surface area contributed by atoms with E-state index in [0.717, 1.165) is 35.5 Å². The number of anilines is 1. The SMILES string of the molecule is CCCN1c2cc(OC)c(/C=C3\NC(=S)NC3=O)cc2C(C)=CC1(C)C. The van der Waals surface area contributed by atoms with Crippen molar-refractivity contribution >= 4 is 40.6 Å². The van der Waals surface area contributed by atoms with E-state index in [0.29, 0.717) is 10.8 Å². The molecule has 1 saturated heterocycles. The molecule has 1 amide bonds. The van der Waals surface area contributed by atoms with E-state index in [1.165, 1.54) is 5.57 Å². The van der Waals surface area contributed by atoms with Crippen LogP contribution in [0.15, 0.2) is 23.9 Å². The fraction of sp³-hybridized carbons (Fsp3) is 0.400. The summed E-state index contributed by atoms with van der Waals surface area (Å²) in [6, 6.07) is 4.15. The van der Waals surface area contributed by atoms with Gasteiger partial charge in [0.15, 0.2) is 5.11 Å². The van der Waals surface area contributed by atoms with Gasteiger partial charge in [-0.1, -0.05) is 13.0 Å². The number of carbonyl (C=O) groups is 1. The number of allylic oxidation sites excluding steroid dienone is 1. The standard InChI is InChI=1S/C20H25N3O2S/c1-6-7-23-16-10-17(25-5)13(9-15-18(24)22-19(26)21-15)8-14(16)12(2)11-20(23,3)4/h8-11H,6-7H2,1-5H3,(H2,21,22,24,26)/b15-9-. The molecule has 2 aliphatic heterocycles. The van der Waals surface area contributed by atoms with Crippen LogP contribution in [-0.4, -0.2) is 30.2 Å². The highest BCUT2D eigenvalue weighted by atomic mass is 32.1. The quantitative estimate of drug-likeness (QED) is 0.627. The second-order valence-electron chi connectivity index (χ2n) is 7.21. The van der Waals surface area contributed by atoms with E-state index in [2.05, 4.69) is 61.4 Å². The fourth-order valence-corrected chi connectivity index (χ4v) is 3.88. The molecule has 1 aromatic carbocycles. The van der Waals surface area contributed by atoms with Crippen LogP contribution in [0.5, 0.6) is 5.75 Å². The Bertz CT molecular complexity index is 840. The number of amides is 1. The zero-order valence-electron chi connectivity index (χ0n) is 15.9. The third-order valence-electron chi connectivity index (χ3n) is 4.80. The largest absolute Gasteiger partial charge is 0.496 e. The van der Waals surface area contributed by atoms with Crippen LogP contribution in [0.1, 0.15) is 45.2 Å². The van der Waals surface area contributed by atoms with E-state index in [-0.39, 0.29) is 11.4 Å². The Morgan fingerprint density at radius 2 is 2.04 bits per heavy atom. The lowest BCUT2D eigenvalue weighted by molar-refractivity contribution is -0.115. The highest BCUT2D eigenvalue weighted by molar-refractivity contribution is 7.80. The molecule has 1 aromatic rings. The molecule has 0 bridgehead atoms. The predicted molar refractivity (Wildman–Crippen MR) is 110 cm³/mol. The van der Waals surface area contributed by atoms with Gasteiger partial charge in [-0.05, 0) is 57.1 Å². The minimum atomic E-state index is -0.226. The van der Waals surface area contributed by atoms with E-state index >= 15 is 0 Å². The molecule has 3 rings (SSSR count). The Balaban J connectivity index is 2.14. The molecule has 6 heteroatoms. The maximum absolute atomic E-state index is 12.0. The Morgan fingerprint density at radius 3 is 2.62 bits per heavy atom. The lowest BCUT2D eigenvalue weighted by atomic mass is 9.87. The number of nitrogens with zero attached hydrogens (tertiary/aromatic N) is 1. The zero-order valence-corrected chi connectivity index (χ0v) is 16.7. The molecule has 0 atom stereocenters. The molecule has 5 nitrogen and oxygen atoms in total. The summed E-state index contributed by atoms with van der Waals surface area (Å²) < 4.78 is 5.63. The van der Waals surface area contributed by atoms with Gasteiger partial charge in [0.25, 0.3) is 5.91 Å². The third-order valence-corrected chi connectivity index (χ3v) is 5.00. The van der Waals surface area contributed by atoms with Gasteiger partial charge < -0.3 is 15.0 Å². The number of fused-ring (bicyclic) bond motifs is 1. The van der Waals surface area contributed by atoms with Crippen LogP contribution >= 0.6 is 12.2 Å². The van der Waals surface area contributed by atoms with E-state index in [1.54, 1.807) is 13.2 Å². The maximum Gasteiger partial charge on any atom is 0.273 e. The lowest BCUT2D eigenvalue weighted by Crippen LogP contribution is -2.45. The van der Waals surface area contributed by atoms with Gasteiger partial charge in [0, 0.05) is 29.4 Å². The van der Waals surface area contributed by atoms with Gasteiger partial charge in [-0.3, -0.25) is 10.1 Å². The summed E-state index contributed by atoms with van der Waals surface area (Å²) in [5, 5.41) is 5.80. The molecule has 0 aliphatic carbocycles. The molecule has 0 saturated carbocycles. The molecular weight excluding hydrogens is 346 g/mol. The smallest absolute Gasteiger partial charge is 0.273 e. The van der Waals surface area contributed by atoms with Crippen LogP contribution in [0.2, 0.25) is 0 Å². The van der Waals surface area contributed by atoms with Crippen LogP contribution in [0, 0.1) is 0 Å². The minimum absolute atomic E-state index is 0.0584. The molecule has 0 spiro atoms. The number of thiocarbonyl (C=S) groups is 1. The Kier molecular flexibility index (Phi) is 4.80. The fourth-order valence-electron chi connectivity index (χ4n) is 3.68. The predicted octanol–water partition coefficient (Wildman–Crippen LogP) is 3.45. The van der Waals surface area contributed by atoms with Crippen LogP contribution in [0.25, 0.3) is 11.6 Å². The topological polar surface area (TPSA) is 53.6 Å². The number of rotatable bonds is 4. The third kappa shape index (κ3) is 3.21. The number of benzene rings is 1. The number of hydrogen-bond donors (Lipinski definition) is 2. The molecule has 0 radical (unpaired) electrons. The summed E-state index contributed by atoms with van der Waals surface area (Å²) in [5.74, 6) is 0.506. The van der Waals surface area contributed by atoms with Crippen LogP contribution in [0.4, 0.5) is 5.69 Å².